The Morgan fingerprint density at radius 2 is 1.60 bits per heavy atom. The number of hydrogen-bond donors (Lipinski definition) is 2. The first-order valence-corrected chi connectivity index (χ1v) is 15.4. The van der Waals surface area contributed by atoms with Crippen LogP contribution >= 0.6 is 0 Å². The second kappa shape index (κ2) is 14.1. The zero-order chi connectivity index (χ0) is 29.5. The molecule has 0 saturated carbocycles. The molecule has 2 N–H and O–H groups in total. The van der Waals surface area contributed by atoms with Crippen LogP contribution in [0.2, 0.25) is 0 Å². The molecule has 2 heterocycles. The van der Waals surface area contributed by atoms with Crippen LogP contribution in [0, 0.1) is 5.82 Å². The van der Waals surface area contributed by atoms with Gasteiger partial charge >= 0.3 is 6.03 Å². The van der Waals surface area contributed by atoms with E-state index >= 15 is 0 Å². The lowest BCUT2D eigenvalue weighted by Gasteiger charge is -2.38. The number of para-hydroxylation sites is 1. The number of nitrogens with one attached hydrogen (secondary N) is 2. The number of likely N-dealkylation sites (tertiary alicyclic amines) is 1. The van der Waals surface area contributed by atoms with Crippen LogP contribution in [-0.4, -0.2) is 49.7 Å². The molecule has 0 atom stereocenters. The number of nitrogens with zero attached hydrogens (tertiary/aromatic N) is 3. The summed E-state index contributed by atoms with van der Waals surface area (Å²) >= 11 is 0. The van der Waals surface area contributed by atoms with Crippen molar-refractivity contribution in [3.05, 3.63) is 109 Å². The Bertz CT molecular complexity index is 1580. The Morgan fingerprint density at radius 3 is 2.21 bits per heavy atom. The molecule has 0 aliphatic carbocycles. The molecule has 0 spiro atoms. The third-order valence-electron chi connectivity index (χ3n) is 6.85. The van der Waals surface area contributed by atoms with E-state index in [1.807, 2.05) is 42.5 Å². The first-order chi connectivity index (χ1) is 20.2. The minimum Gasteiger partial charge on any atom is -0.439 e. The van der Waals surface area contributed by atoms with E-state index in [9.17, 15) is 17.6 Å². The first kappa shape index (κ1) is 31.5. The third kappa shape index (κ3) is 9.00. The van der Waals surface area contributed by atoms with Gasteiger partial charge in [0.25, 0.3) is 0 Å². The Hall–Kier alpha value is -4.48. The number of rotatable bonds is 9. The molecule has 1 saturated heterocycles. The predicted octanol–water partition coefficient (Wildman–Crippen LogP) is 6.72. The van der Waals surface area contributed by atoms with Gasteiger partial charge in [-0.3, -0.25) is 14.5 Å². The van der Waals surface area contributed by atoms with Crippen molar-refractivity contribution in [2.75, 3.05) is 34.3 Å². The topological polar surface area (TPSA) is 104 Å². The number of pyridine rings is 1. The highest BCUT2D eigenvalue weighted by atomic mass is 32.2. The summed E-state index contributed by atoms with van der Waals surface area (Å²) in [6, 6.07) is 25.5. The number of halogens is 1. The van der Waals surface area contributed by atoms with Crippen molar-refractivity contribution in [2.24, 2.45) is 0 Å². The standard InChI is InChI=1S/C31H32FN5O4S.CH4/c1-42(39,40)35-26-12-14-29(15-13-26)41-30-16-7-23(21-33-30)22-36-19-17-28(18-20-36)37(27-5-3-2-4-6-27)31(38)34-25-10-8-24(32)9-11-25;/h2-16,21,28,35H,17-20,22H2,1H3,(H,34,38);1H4. The highest BCUT2D eigenvalue weighted by Crippen LogP contribution is 2.27. The van der Waals surface area contributed by atoms with Crippen LogP contribution in [0.25, 0.3) is 0 Å². The molecular weight excluding hydrogens is 569 g/mol. The van der Waals surface area contributed by atoms with Crippen molar-refractivity contribution in [3.8, 4) is 11.6 Å². The molecule has 0 radical (unpaired) electrons. The SMILES string of the molecule is C.CS(=O)(=O)Nc1ccc(Oc2ccc(CN3CCC(N(C(=O)Nc4ccc(F)cc4)c4ccccc4)CC3)cn2)cc1. The maximum absolute atomic E-state index is 13.4. The van der Waals surface area contributed by atoms with Gasteiger partial charge in [0.05, 0.1) is 6.26 Å². The van der Waals surface area contributed by atoms with Crippen molar-refractivity contribution >= 4 is 33.1 Å². The number of aromatic nitrogens is 1. The van der Waals surface area contributed by atoms with Gasteiger partial charge in [-0.15, -0.1) is 0 Å². The fourth-order valence-corrected chi connectivity index (χ4v) is 5.45. The van der Waals surface area contributed by atoms with E-state index in [0.29, 0.717) is 23.0 Å². The van der Waals surface area contributed by atoms with Crippen molar-refractivity contribution in [2.45, 2.75) is 32.9 Å². The van der Waals surface area contributed by atoms with Gasteiger partial charge in [0.1, 0.15) is 11.6 Å². The van der Waals surface area contributed by atoms with E-state index in [-0.39, 0.29) is 25.3 Å². The lowest BCUT2D eigenvalue weighted by Crippen LogP contribution is -2.49. The molecule has 0 unspecified atom stereocenters. The maximum atomic E-state index is 13.4. The molecule has 11 heteroatoms. The van der Waals surface area contributed by atoms with Crippen molar-refractivity contribution in [1.29, 1.82) is 0 Å². The molecule has 1 aliphatic rings. The van der Waals surface area contributed by atoms with Crippen molar-refractivity contribution < 1.29 is 22.3 Å². The van der Waals surface area contributed by atoms with Crippen LogP contribution in [0.4, 0.5) is 26.2 Å². The van der Waals surface area contributed by atoms with Crippen molar-refractivity contribution in [1.82, 2.24) is 9.88 Å². The van der Waals surface area contributed by atoms with E-state index < -0.39 is 10.0 Å². The van der Waals surface area contributed by atoms with Gasteiger partial charge in [-0.05, 0) is 79.1 Å². The van der Waals surface area contributed by atoms with Gasteiger partial charge in [-0.25, -0.2) is 22.6 Å². The van der Waals surface area contributed by atoms with Crippen LogP contribution in [0.1, 0.15) is 25.8 Å². The highest BCUT2D eigenvalue weighted by molar-refractivity contribution is 7.92. The molecule has 3 aromatic carbocycles. The Labute approximate surface area is 252 Å². The molecule has 1 aliphatic heterocycles. The molecule has 4 aromatic rings. The lowest BCUT2D eigenvalue weighted by atomic mass is 10.0. The van der Waals surface area contributed by atoms with Crippen LogP contribution < -0.4 is 19.7 Å². The molecule has 2 amide bonds. The van der Waals surface area contributed by atoms with E-state index in [0.717, 1.165) is 50.0 Å². The second-order valence-electron chi connectivity index (χ2n) is 10.2. The summed E-state index contributed by atoms with van der Waals surface area (Å²) < 4.78 is 44.3. The fourth-order valence-electron chi connectivity index (χ4n) is 4.88. The summed E-state index contributed by atoms with van der Waals surface area (Å²) in [4.78, 5) is 21.9. The lowest BCUT2D eigenvalue weighted by molar-refractivity contribution is 0.199. The Balaban J connectivity index is 0.00000423. The number of anilines is 3. The molecule has 0 bridgehead atoms. The van der Waals surface area contributed by atoms with Gasteiger partial charge in [0, 0.05) is 55.0 Å². The number of sulfonamides is 1. The molecule has 5 rings (SSSR count). The van der Waals surface area contributed by atoms with Crippen LogP contribution in [-0.2, 0) is 16.6 Å². The average Bonchev–Trinajstić information content (AvgIpc) is 2.97. The largest absolute Gasteiger partial charge is 0.439 e. The Morgan fingerprint density at radius 1 is 0.953 bits per heavy atom. The fraction of sp³-hybridized carbons (Fsp3) is 0.250. The smallest absolute Gasteiger partial charge is 0.326 e. The van der Waals surface area contributed by atoms with Crippen LogP contribution in [0.5, 0.6) is 11.6 Å². The monoisotopic (exact) mass is 605 g/mol. The number of carbonyl (C=O) groups excluding carboxylic acids is 1. The van der Waals surface area contributed by atoms with Gasteiger partial charge < -0.3 is 10.1 Å². The van der Waals surface area contributed by atoms with Crippen molar-refractivity contribution in [3.63, 3.8) is 0 Å². The number of hydrogen-bond acceptors (Lipinski definition) is 6. The summed E-state index contributed by atoms with van der Waals surface area (Å²) in [5, 5.41) is 2.91. The number of benzene rings is 3. The molecular formula is C32H36FN5O4S. The number of amides is 2. The predicted molar refractivity (Wildman–Crippen MR) is 169 cm³/mol. The second-order valence-corrected chi connectivity index (χ2v) is 11.9. The Kier molecular flexibility index (Phi) is 10.3. The van der Waals surface area contributed by atoms with E-state index in [1.165, 1.54) is 12.1 Å². The normalized spacial score (nSPS) is 13.9. The van der Waals surface area contributed by atoms with E-state index in [4.69, 9.17) is 4.74 Å². The molecule has 1 aromatic heterocycles. The van der Waals surface area contributed by atoms with Gasteiger partial charge in [0.2, 0.25) is 15.9 Å². The summed E-state index contributed by atoms with van der Waals surface area (Å²) in [7, 11) is -3.34. The average molecular weight is 606 g/mol. The van der Waals surface area contributed by atoms with Gasteiger partial charge in [-0.2, -0.15) is 0 Å². The zero-order valence-corrected chi connectivity index (χ0v) is 23.9. The van der Waals surface area contributed by atoms with Gasteiger partial charge in [-0.1, -0.05) is 31.7 Å². The van der Waals surface area contributed by atoms with E-state index in [1.54, 1.807) is 47.5 Å². The molecule has 1 fully saturated rings. The summed E-state index contributed by atoms with van der Waals surface area (Å²) in [6.07, 6.45) is 4.48. The number of urea groups is 1. The molecule has 43 heavy (non-hydrogen) atoms. The van der Waals surface area contributed by atoms with Crippen LogP contribution in [0.15, 0.2) is 97.2 Å². The highest BCUT2D eigenvalue weighted by Gasteiger charge is 2.29. The zero-order valence-electron chi connectivity index (χ0n) is 23.1. The molecule has 9 nitrogen and oxygen atoms in total. The van der Waals surface area contributed by atoms with Gasteiger partial charge in [0.15, 0.2) is 0 Å². The number of ether oxygens (including phenoxy) is 1. The first-order valence-electron chi connectivity index (χ1n) is 13.6. The third-order valence-corrected chi connectivity index (χ3v) is 7.46. The minimum atomic E-state index is -3.34. The summed E-state index contributed by atoms with van der Waals surface area (Å²) in [5.74, 6) is 0.628. The van der Waals surface area contributed by atoms with Crippen LogP contribution in [0.3, 0.4) is 0 Å². The summed E-state index contributed by atoms with van der Waals surface area (Å²) in [5.41, 5.74) is 2.86. The van der Waals surface area contributed by atoms with E-state index in [2.05, 4.69) is 19.9 Å². The maximum Gasteiger partial charge on any atom is 0.326 e. The quantitative estimate of drug-likeness (QED) is 0.219. The minimum absolute atomic E-state index is 0. The summed E-state index contributed by atoms with van der Waals surface area (Å²) in [6.45, 7) is 2.34. The number of piperidine rings is 1. The number of carbonyl (C=O) groups is 1. The molecule has 226 valence electrons.